The molecule has 0 aliphatic carbocycles. The van der Waals surface area contributed by atoms with Gasteiger partial charge in [0.2, 0.25) is 0 Å². The molecule has 0 aromatic heterocycles. The van der Waals surface area contributed by atoms with E-state index in [0.29, 0.717) is 6.54 Å². The maximum atomic E-state index is 12.8. The molecule has 0 heterocycles. The second-order valence-electron chi connectivity index (χ2n) is 6.62. The van der Waals surface area contributed by atoms with E-state index in [4.69, 9.17) is 0 Å². The van der Waals surface area contributed by atoms with Crippen LogP contribution < -0.4 is 5.32 Å². The molecule has 2 aromatic carbocycles. The summed E-state index contributed by atoms with van der Waals surface area (Å²) in [5.41, 5.74) is 1.95. The van der Waals surface area contributed by atoms with E-state index >= 15 is 0 Å². The van der Waals surface area contributed by atoms with E-state index in [1.54, 1.807) is 0 Å². The highest BCUT2D eigenvalue weighted by molar-refractivity contribution is 5.76. The Morgan fingerprint density at radius 2 is 1.39 bits per heavy atom. The maximum absolute atomic E-state index is 12.8. The van der Waals surface area contributed by atoms with Gasteiger partial charge in [-0.05, 0) is 38.8 Å². The second-order valence-corrected chi connectivity index (χ2v) is 6.62. The van der Waals surface area contributed by atoms with Gasteiger partial charge in [0.05, 0.1) is 6.04 Å². The SMILES string of the molecule is CCN(C(=O)NC(c1ccccc1)c1ccccc1)C(C)(C)C. The van der Waals surface area contributed by atoms with Gasteiger partial charge < -0.3 is 10.2 Å². The third kappa shape index (κ3) is 4.35. The second kappa shape index (κ2) is 7.32. The number of hydrogen-bond donors (Lipinski definition) is 1. The normalized spacial score (nSPS) is 11.3. The molecule has 0 fully saturated rings. The van der Waals surface area contributed by atoms with Crippen molar-refractivity contribution in [1.29, 1.82) is 0 Å². The summed E-state index contributed by atoms with van der Waals surface area (Å²) in [5, 5.41) is 3.19. The lowest BCUT2D eigenvalue weighted by molar-refractivity contribution is 0.148. The van der Waals surface area contributed by atoms with Crippen LogP contribution in [-0.4, -0.2) is 23.0 Å². The highest BCUT2D eigenvalue weighted by Crippen LogP contribution is 2.23. The first-order valence-electron chi connectivity index (χ1n) is 8.11. The Morgan fingerprint density at radius 3 is 1.74 bits per heavy atom. The first kappa shape index (κ1) is 17.1. The van der Waals surface area contributed by atoms with Gasteiger partial charge in [0.25, 0.3) is 0 Å². The van der Waals surface area contributed by atoms with Gasteiger partial charge in [0.1, 0.15) is 0 Å². The summed E-state index contributed by atoms with van der Waals surface area (Å²) in [7, 11) is 0. The van der Waals surface area contributed by atoms with Crippen LogP contribution in [0.2, 0.25) is 0 Å². The van der Waals surface area contributed by atoms with Gasteiger partial charge in [-0.15, -0.1) is 0 Å². The molecule has 0 aliphatic rings. The first-order valence-corrected chi connectivity index (χ1v) is 8.11. The van der Waals surface area contributed by atoms with Crippen molar-refractivity contribution in [2.75, 3.05) is 6.54 Å². The molecule has 122 valence electrons. The van der Waals surface area contributed by atoms with Crippen LogP contribution in [0.5, 0.6) is 0 Å². The van der Waals surface area contributed by atoms with Gasteiger partial charge in [-0.2, -0.15) is 0 Å². The van der Waals surface area contributed by atoms with Crippen molar-refractivity contribution >= 4 is 6.03 Å². The molecule has 3 nitrogen and oxygen atoms in total. The minimum Gasteiger partial charge on any atom is -0.327 e. The minimum atomic E-state index is -0.212. The number of carbonyl (C=O) groups excluding carboxylic acids is 1. The van der Waals surface area contributed by atoms with Gasteiger partial charge >= 0.3 is 6.03 Å². The molecule has 2 rings (SSSR count). The van der Waals surface area contributed by atoms with Crippen LogP contribution >= 0.6 is 0 Å². The number of nitrogens with zero attached hydrogens (tertiary/aromatic N) is 1. The van der Waals surface area contributed by atoms with E-state index in [2.05, 4.69) is 26.1 Å². The Morgan fingerprint density at radius 1 is 0.957 bits per heavy atom. The molecule has 0 saturated heterocycles. The van der Waals surface area contributed by atoms with E-state index in [0.717, 1.165) is 11.1 Å². The molecule has 2 amide bonds. The Hall–Kier alpha value is -2.29. The van der Waals surface area contributed by atoms with Crippen molar-refractivity contribution < 1.29 is 4.79 Å². The summed E-state index contributed by atoms with van der Waals surface area (Å²) >= 11 is 0. The highest BCUT2D eigenvalue weighted by atomic mass is 16.2. The topological polar surface area (TPSA) is 32.3 Å². The van der Waals surface area contributed by atoms with Crippen molar-refractivity contribution in [2.24, 2.45) is 0 Å². The van der Waals surface area contributed by atoms with Crippen molar-refractivity contribution in [2.45, 2.75) is 39.3 Å². The van der Waals surface area contributed by atoms with Gasteiger partial charge in [0, 0.05) is 12.1 Å². The summed E-state index contributed by atoms with van der Waals surface area (Å²) in [6.07, 6.45) is 0. The number of hydrogen-bond acceptors (Lipinski definition) is 1. The van der Waals surface area contributed by atoms with Gasteiger partial charge in [-0.1, -0.05) is 60.7 Å². The fourth-order valence-corrected chi connectivity index (χ4v) is 2.77. The molecule has 0 aliphatic heterocycles. The smallest absolute Gasteiger partial charge is 0.318 e. The molecular weight excluding hydrogens is 284 g/mol. The molecule has 0 saturated carbocycles. The first-order chi connectivity index (χ1) is 10.9. The maximum Gasteiger partial charge on any atom is 0.318 e. The number of rotatable bonds is 4. The molecule has 1 N–H and O–H groups in total. The van der Waals surface area contributed by atoms with Gasteiger partial charge in [0.15, 0.2) is 0 Å². The summed E-state index contributed by atoms with van der Waals surface area (Å²) in [5.74, 6) is 0. The lowest BCUT2D eigenvalue weighted by Crippen LogP contribution is -2.51. The number of carbonyl (C=O) groups is 1. The van der Waals surface area contributed by atoms with E-state index in [1.807, 2.05) is 72.5 Å². The largest absolute Gasteiger partial charge is 0.327 e. The fraction of sp³-hybridized carbons (Fsp3) is 0.350. The van der Waals surface area contributed by atoms with Crippen LogP contribution in [0.3, 0.4) is 0 Å². The van der Waals surface area contributed by atoms with Gasteiger partial charge in [-0.3, -0.25) is 0 Å². The average Bonchev–Trinajstić information content (AvgIpc) is 2.53. The zero-order valence-corrected chi connectivity index (χ0v) is 14.4. The van der Waals surface area contributed by atoms with Crippen LogP contribution in [0.25, 0.3) is 0 Å². The Bertz CT molecular complexity index is 578. The zero-order chi connectivity index (χ0) is 16.9. The summed E-state index contributed by atoms with van der Waals surface area (Å²) in [6, 6.07) is 20.0. The average molecular weight is 310 g/mol. The summed E-state index contributed by atoms with van der Waals surface area (Å²) in [6.45, 7) is 8.83. The standard InChI is InChI=1S/C20H26N2O/c1-5-22(20(2,3)4)19(23)21-18(16-12-8-6-9-13-16)17-14-10-7-11-15-17/h6-15,18H,5H2,1-4H3,(H,21,23). The molecular formula is C20H26N2O. The number of benzene rings is 2. The predicted octanol–water partition coefficient (Wildman–Crippen LogP) is 4.61. The van der Waals surface area contributed by atoms with Crippen LogP contribution in [0.15, 0.2) is 60.7 Å². The number of amides is 2. The third-order valence-corrected chi connectivity index (χ3v) is 3.90. The quantitative estimate of drug-likeness (QED) is 0.879. The van der Waals surface area contributed by atoms with Crippen molar-refractivity contribution in [3.05, 3.63) is 71.8 Å². The molecule has 23 heavy (non-hydrogen) atoms. The van der Waals surface area contributed by atoms with Crippen molar-refractivity contribution in [3.8, 4) is 0 Å². The molecule has 0 atom stereocenters. The zero-order valence-electron chi connectivity index (χ0n) is 14.4. The van der Waals surface area contributed by atoms with Crippen LogP contribution in [-0.2, 0) is 0 Å². The molecule has 0 radical (unpaired) electrons. The fourth-order valence-electron chi connectivity index (χ4n) is 2.77. The lowest BCUT2D eigenvalue weighted by Gasteiger charge is -2.36. The van der Waals surface area contributed by atoms with E-state index < -0.39 is 0 Å². The summed E-state index contributed by atoms with van der Waals surface area (Å²) in [4.78, 5) is 14.6. The molecule has 2 aromatic rings. The Kier molecular flexibility index (Phi) is 5.43. The number of nitrogens with one attached hydrogen (secondary N) is 1. The van der Waals surface area contributed by atoms with Crippen molar-refractivity contribution in [1.82, 2.24) is 10.2 Å². The Labute approximate surface area is 139 Å². The molecule has 3 heteroatoms. The monoisotopic (exact) mass is 310 g/mol. The van der Waals surface area contributed by atoms with Gasteiger partial charge in [-0.25, -0.2) is 4.79 Å². The van der Waals surface area contributed by atoms with Crippen molar-refractivity contribution in [3.63, 3.8) is 0 Å². The molecule has 0 unspecified atom stereocenters. The van der Waals surface area contributed by atoms with Crippen LogP contribution in [0.4, 0.5) is 4.79 Å². The molecule has 0 bridgehead atoms. The number of urea groups is 1. The van der Waals surface area contributed by atoms with E-state index in [9.17, 15) is 4.79 Å². The van der Waals surface area contributed by atoms with Crippen LogP contribution in [0, 0.1) is 0 Å². The highest BCUT2D eigenvalue weighted by Gasteiger charge is 2.27. The minimum absolute atomic E-state index is 0.0438. The van der Waals surface area contributed by atoms with E-state index in [1.165, 1.54) is 0 Å². The predicted molar refractivity (Wildman–Crippen MR) is 95.4 cm³/mol. The van der Waals surface area contributed by atoms with Crippen LogP contribution in [0.1, 0.15) is 44.9 Å². The Balaban J connectivity index is 2.31. The molecule has 0 spiro atoms. The lowest BCUT2D eigenvalue weighted by atomic mass is 9.98. The summed E-state index contributed by atoms with van der Waals surface area (Å²) < 4.78 is 0. The van der Waals surface area contributed by atoms with E-state index in [-0.39, 0.29) is 17.6 Å². The third-order valence-electron chi connectivity index (χ3n) is 3.90.